The molecule has 0 amide bonds. The predicted molar refractivity (Wildman–Crippen MR) is 90.1 cm³/mol. The predicted octanol–water partition coefficient (Wildman–Crippen LogP) is 2.89. The Labute approximate surface area is 140 Å². The average Bonchev–Trinajstić information content (AvgIpc) is 3.10. The molecular formula is C20H18NO3-. The van der Waals surface area contributed by atoms with E-state index in [0.29, 0.717) is 5.92 Å². The molecule has 0 spiro atoms. The van der Waals surface area contributed by atoms with E-state index in [-0.39, 0.29) is 17.5 Å². The van der Waals surface area contributed by atoms with Gasteiger partial charge in [0.25, 0.3) is 0 Å². The number of fused-ring (bicyclic) bond motifs is 3. The van der Waals surface area contributed by atoms with Gasteiger partial charge in [-0.2, -0.15) is 0 Å². The second-order valence-corrected chi connectivity index (χ2v) is 6.34. The van der Waals surface area contributed by atoms with E-state index in [1.54, 1.807) is 19.2 Å². The van der Waals surface area contributed by atoms with Gasteiger partial charge in [-0.3, -0.25) is 0 Å². The average molecular weight is 320 g/mol. The molecule has 0 radical (unpaired) electrons. The lowest BCUT2D eigenvalue weighted by molar-refractivity contribution is -0.255. The summed E-state index contributed by atoms with van der Waals surface area (Å²) < 4.78 is 5.24. The summed E-state index contributed by atoms with van der Waals surface area (Å²) in [6.45, 7) is 0. The van der Waals surface area contributed by atoms with Crippen molar-refractivity contribution >= 4 is 11.7 Å². The number of carbonyl (C=O) groups is 1. The zero-order chi connectivity index (χ0) is 16.7. The fourth-order valence-corrected chi connectivity index (χ4v) is 3.86. The molecule has 0 saturated carbocycles. The van der Waals surface area contributed by atoms with Gasteiger partial charge in [0.15, 0.2) is 0 Å². The van der Waals surface area contributed by atoms with Crippen LogP contribution in [-0.2, 0) is 0 Å². The van der Waals surface area contributed by atoms with Crippen molar-refractivity contribution < 1.29 is 14.6 Å². The lowest BCUT2D eigenvalue weighted by atomic mass is 9.76. The minimum absolute atomic E-state index is 0.192. The summed E-state index contributed by atoms with van der Waals surface area (Å²) in [5.41, 5.74) is 3.48. The number of aromatic carboxylic acids is 1. The van der Waals surface area contributed by atoms with Crippen LogP contribution >= 0.6 is 0 Å². The second kappa shape index (κ2) is 5.71. The second-order valence-electron chi connectivity index (χ2n) is 6.34. The first-order valence-corrected chi connectivity index (χ1v) is 8.10. The molecule has 1 aliphatic heterocycles. The number of anilines is 1. The summed E-state index contributed by atoms with van der Waals surface area (Å²) in [6, 6.07) is 13.5. The van der Waals surface area contributed by atoms with Gasteiger partial charge < -0.3 is 20.0 Å². The fourth-order valence-electron chi connectivity index (χ4n) is 3.86. The Bertz CT molecular complexity index is 810. The Kier molecular flexibility index (Phi) is 3.53. The molecule has 2 aromatic carbocycles. The Hall–Kier alpha value is -2.75. The highest BCUT2D eigenvalue weighted by Crippen LogP contribution is 2.49. The van der Waals surface area contributed by atoms with Crippen LogP contribution in [0.25, 0.3) is 0 Å². The SMILES string of the molecule is COc1ccc([C@@H]2Nc3ccc(C(=O)[O-])cc3[C@@H]3C=CC[C@@H]32)cc1. The molecule has 0 fully saturated rings. The molecule has 0 saturated heterocycles. The monoisotopic (exact) mass is 320 g/mol. The highest BCUT2D eigenvalue weighted by molar-refractivity contribution is 5.87. The maximum Gasteiger partial charge on any atom is 0.118 e. The zero-order valence-electron chi connectivity index (χ0n) is 13.4. The van der Waals surface area contributed by atoms with E-state index in [0.717, 1.165) is 23.4 Å². The molecule has 0 aromatic heterocycles. The standard InChI is InChI=1S/C20H19NO3/c1-24-14-8-5-12(6-9-14)19-16-4-2-3-15(16)17-11-13(20(22)23)7-10-18(17)21-19/h2-3,5-11,15-16,19,21H,4H2,1H3,(H,22,23)/p-1/t15-,16+,19+/m1/s1. The highest BCUT2D eigenvalue weighted by Gasteiger charge is 2.37. The van der Waals surface area contributed by atoms with E-state index in [9.17, 15) is 9.90 Å². The van der Waals surface area contributed by atoms with Crippen molar-refractivity contribution in [3.05, 3.63) is 71.3 Å². The number of carbonyl (C=O) groups excluding carboxylic acids is 1. The third-order valence-corrected chi connectivity index (χ3v) is 5.07. The van der Waals surface area contributed by atoms with Gasteiger partial charge in [-0.25, -0.2) is 0 Å². The number of nitrogens with one attached hydrogen (secondary N) is 1. The Morgan fingerprint density at radius 3 is 2.71 bits per heavy atom. The van der Waals surface area contributed by atoms with Gasteiger partial charge in [0.05, 0.1) is 19.1 Å². The van der Waals surface area contributed by atoms with E-state index in [1.165, 1.54) is 5.56 Å². The van der Waals surface area contributed by atoms with Crippen LogP contribution in [0.1, 0.15) is 39.9 Å². The molecule has 122 valence electrons. The topological polar surface area (TPSA) is 61.4 Å². The summed E-state index contributed by atoms with van der Waals surface area (Å²) in [5.74, 6) is 0.318. The third kappa shape index (κ3) is 2.35. The van der Waals surface area contributed by atoms with Gasteiger partial charge in [-0.1, -0.05) is 30.4 Å². The molecule has 0 bridgehead atoms. The molecule has 2 aliphatic rings. The maximum atomic E-state index is 11.2. The quantitative estimate of drug-likeness (QED) is 0.883. The summed E-state index contributed by atoms with van der Waals surface area (Å²) in [7, 11) is 1.66. The van der Waals surface area contributed by atoms with Crippen LogP contribution in [0.3, 0.4) is 0 Å². The van der Waals surface area contributed by atoms with E-state index in [2.05, 4.69) is 29.6 Å². The summed E-state index contributed by atoms with van der Waals surface area (Å²) in [4.78, 5) is 11.2. The Balaban J connectivity index is 1.73. The van der Waals surface area contributed by atoms with Crippen molar-refractivity contribution in [3.8, 4) is 5.75 Å². The van der Waals surface area contributed by atoms with Gasteiger partial charge in [0, 0.05) is 11.6 Å². The summed E-state index contributed by atoms with van der Waals surface area (Å²) in [5, 5.41) is 14.8. The number of carboxylic acid groups (broad SMARTS) is 1. The third-order valence-electron chi connectivity index (χ3n) is 5.07. The molecule has 4 nitrogen and oxygen atoms in total. The largest absolute Gasteiger partial charge is 0.545 e. The van der Waals surface area contributed by atoms with Crippen molar-refractivity contribution in [1.82, 2.24) is 0 Å². The van der Waals surface area contributed by atoms with E-state index >= 15 is 0 Å². The van der Waals surface area contributed by atoms with Crippen LogP contribution < -0.4 is 15.2 Å². The van der Waals surface area contributed by atoms with E-state index in [4.69, 9.17) is 4.74 Å². The first kappa shape index (κ1) is 14.8. The lowest BCUT2D eigenvalue weighted by Gasteiger charge is -2.37. The first-order valence-electron chi connectivity index (χ1n) is 8.10. The van der Waals surface area contributed by atoms with Gasteiger partial charge in [-0.05, 0) is 53.3 Å². The lowest BCUT2D eigenvalue weighted by Crippen LogP contribution is -2.30. The van der Waals surface area contributed by atoms with Crippen molar-refractivity contribution in [2.75, 3.05) is 12.4 Å². The van der Waals surface area contributed by atoms with E-state index in [1.807, 2.05) is 18.2 Å². The smallest absolute Gasteiger partial charge is 0.118 e. The normalized spacial score (nSPS) is 24.0. The minimum atomic E-state index is -1.13. The van der Waals surface area contributed by atoms with Crippen LogP contribution in [0.4, 0.5) is 5.69 Å². The van der Waals surface area contributed by atoms with Crippen LogP contribution in [0.5, 0.6) is 5.75 Å². The molecule has 24 heavy (non-hydrogen) atoms. The number of ether oxygens (including phenoxy) is 1. The van der Waals surface area contributed by atoms with Gasteiger partial charge in [0.1, 0.15) is 5.75 Å². The van der Waals surface area contributed by atoms with Gasteiger partial charge >= 0.3 is 0 Å². The molecule has 4 heteroatoms. The first-order chi connectivity index (χ1) is 11.7. The Morgan fingerprint density at radius 2 is 2.00 bits per heavy atom. The van der Waals surface area contributed by atoms with Crippen LogP contribution in [0.2, 0.25) is 0 Å². The molecule has 1 heterocycles. The van der Waals surface area contributed by atoms with Crippen molar-refractivity contribution in [3.63, 3.8) is 0 Å². The van der Waals surface area contributed by atoms with Crippen molar-refractivity contribution in [2.24, 2.45) is 5.92 Å². The van der Waals surface area contributed by atoms with E-state index < -0.39 is 5.97 Å². The molecule has 4 rings (SSSR count). The minimum Gasteiger partial charge on any atom is -0.545 e. The number of benzene rings is 2. The summed E-state index contributed by atoms with van der Waals surface area (Å²) >= 11 is 0. The number of rotatable bonds is 3. The molecule has 2 aromatic rings. The van der Waals surface area contributed by atoms with Gasteiger partial charge in [-0.15, -0.1) is 0 Å². The number of allylic oxidation sites excluding steroid dienone is 2. The molecular weight excluding hydrogens is 302 g/mol. The molecule has 1 N–H and O–H groups in total. The van der Waals surface area contributed by atoms with Gasteiger partial charge in [0.2, 0.25) is 0 Å². The zero-order valence-corrected chi connectivity index (χ0v) is 13.4. The fraction of sp³-hybridized carbons (Fsp3) is 0.250. The summed E-state index contributed by atoms with van der Waals surface area (Å²) in [6.07, 6.45) is 5.36. The molecule has 1 aliphatic carbocycles. The highest BCUT2D eigenvalue weighted by atomic mass is 16.5. The number of methoxy groups -OCH3 is 1. The van der Waals surface area contributed by atoms with Crippen molar-refractivity contribution in [2.45, 2.75) is 18.4 Å². The molecule has 0 unspecified atom stereocenters. The van der Waals surface area contributed by atoms with Crippen molar-refractivity contribution in [1.29, 1.82) is 0 Å². The number of carboxylic acids is 1. The van der Waals surface area contributed by atoms with Crippen LogP contribution in [0.15, 0.2) is 54.6 Å². The number of hydrogen-bond donors (Lipinski definition) is 1. The van der Waals surface area contributed by atoms with Crippen LogP contribution in [0, 0.1) is 5.92 Å². The Morgan fingerprint density at radius 1 is 1.21 bits per heavy atom. The maximum absolute atomic E-state index is 11.2. The van der Waals surface area contributed by atoms with Crippen LogP contribution in [-0.4, -0.2) is 13.1 Å². The number of hydrogen-bond acceptors (Lipinski definition) is 4. The molecule has 3 atom stereocenters.